The zero-order valence-electron chi connectivity index (χ0n) is 22.5. The molecule has 10 heteroatoms. The van der Waals surface area contributed by atoms with Gasteiger partial charge in [0.15, 0.2) is 5.75 Å². The standard InChI is InChI=1S/C29H33ClFN5O3/c1-5-21(37)34-10-11-35-18(12-34)13-39-25-22(27(35)38)26(32-24(23(25)30)19-8-6-7-9-20(19)31)36-17-29(14-28(36,2)3)15-33(4)16-29/h5-9,18H,1,10-17H2,2-4H3/t18-/m1/s1. The van der Waals surface area contributed by atoms with Gasteiger partial charge in [0.25, 0.3) is 5.91 Å². The molecule has 1 spiro atoms. The number of carbonyl (C=O) groups excluding carboxylic acids is 2. The number of hydrogen-bond acceptors (Lipinski definition) is 6. The van der Waals surface area contributed by atoms with Crippen LogP contribution in [0.1, 0.15) is 30.6 Å². The summed E-state index contributed by atoms with van der Waals surface area (Å²) in [4.78, 5) is 39.5. The van der Waals surface area contributed by atoms with Crippen molar-refractivity contribution < 1.29 is 18.7 Å². The van der Waals surface area contributed by atoms with E-state index in [1.54, 1.807) is 28.0 Å². The monoisotopic (exact) mass is 553 g/mol. The molecule has 3 fully saturated rings. The van der Waals surface area contributed by atoms with E-state index in [1.807, 2.05) is 0 Å². The number of carbonyl (C=O) groups is 2. The highest BCUT2D eigenvalue weighted by atomic mass is 35.5. The summed E-state index contributed by atoms with van der Waals surface area (Å²) in [5.74, 6) is -0.167. The number of fused-ring (bicyclic) bond motifs is 2. The molecule has 4 aliphatic rings. The quantitative estimate of drug-likeness (QED) is 0.540. The van der Waals surface area contributed by atoms with Gasteiger partial charge in [0.05, 0.1) is 11.7 Å². The number of aromatic nitrogens is 1. The molecule has 5 heterocycles. The van der Waals surface area contributed by atoms with Crippen LogP contribution in [0.3, 0.4) is 0 Å². The summed E-state index contributed by atoms with van der Waals surface area (Å²) in [6, 6.07) is 6.00. The van der Waals surface area contributed by atoms with Crippen molar-refractivity contribution in [2.24, 2.45) is 5.41 Å². The number of hydrogen-bond donors (Lipinski definition) is 0. The van der Waals surface area contributed by atoms with Gasteiger partial charge in [-0.1, -0.05) is 30.3 Å². The number of rotatable bonds is 3. The highest BCUT2D eigenvalue weighted by Crippen LogP contribution is 2.52. The van der Waals surface area contributed by atoms with Crippen molar-refractivity contribution in [3.63, 3.8) is 0 Å². The van der Waals surface area contributed by atoms with Gasteiger partial charge < -0.3 is 24.3 Å². The third kappa shape index (κ3) is 4.17. The summed E-state index contributed by atoms with van der Waals surface area (Å²) in [7, 11) is 2.11. The van der Waals surface area contributed by atoms with Crippen LogP contribution in [-0.2, 0) is 4.79 Å². The summed E-state index contributed by atoms with van der Waals surface area (Å²) < 4.78 is 21.4. The van der Waals surface area contributed by atoms with Crippen LogP contribution in [0.5, 0.6) is 5.75 Å². The molecule has 2 aromatic rings. The van der Waals surface area contributed by atoms with E-state index in [9.17, 15) is 9.59 Å². The van der Waals surface area contributed by atoms with E-state index in [1.165, 1.54) is 12.1 Å². The van der Waals surface area contributed by atoms with Gasteiger partial charge in [-0.2, -0.15) is 0 Å². The molecule has 0 aliphatic carbocycles. The number of piperazine rings is 1. The molecule has 8 nitrogen and oxygen atoms in total. The molecular weight excluding hydrogens is 521 g/mol. The Morgan fingerprint density at radius 3 is 2.67 bits per heavy atom. The van der Waals surface area contributed by atoms with Gasteiger partial charge >= 0.3 is 0 Å². The van der Waals surface area contributed by atoms with Crippen LogP contribution in [0, 0.1) is 11.2 Å². The van der Waals surface area contributed by atoms with E-state index in [0.717, 1.165) is 26.1 Å². The van der Waals surface area contributed by atoms with Crippen molar-refractivity contribution in [2.75, 3.05) is 57.8 Å². The number of amides is 2. The smallest absolute Gasteiger partial charge is 0.261 e. The van der Waals surface area contributed by atoms with Crippen LogP contribution in [-0.4, -0.2) is 96.0 Å². The number of pyridine rings is 1. The maximum absolute atomic E-state index is 15.0. The first kappa shape index (κ1) is 26.1. The molecule has 2 amide bonds. The van der Waals surface area contributed by atoms with Crippen LogP contribution in [0.25, 0.3) is 11.3 Å². The molecule has 1 aromatic heterocycles. The van der Waals surface area contributed by atoms with Gasteiger partial charge in [-0.3, -0.25) is 9.59 Å². The van der Waals surface area contributed by atoms with E-state index in [-0.39, 0.29) is 57.4 Å². The second kappa shape index (κ2) is 9.20. The Bertz CT molecular complexity index is 1370. The fourth-order valence-electron chi connectivity index (χ4n) is 7.09. The Morgan fingerprint density at radius 1 is 1.23 bits per heavy atom. The molecule has 0 N–H and O–H groups in total. The molecule has 39 heavy (non-hydrogen) atoms. The molecular formula is C29H33ClFN5O3. The zero-order valence-corrected chi connectivity index (χ0v) is 23.3. The van der Waals surface area contributed by atoms with E-state index in [2.05, 4.69) is 37.3 Å². The Labute approximate surface area is 233 Å². The molecule has 4 aliphatic heterocycles. The number of nitrogens with zero attached hydrogens (tertiary/aromatic N) is 5. The van der Waals surface area contributed by atoms with Crippen molar-refractivity contribution in [2.45, 2.75) is 31.8 Å². The molecule has 1 aromatic carbocycles. The number of halogens is 2. The third-order valence-electron chi connectivity index (χ3n) is 8.57. The van der Waals surface area contributed by atoms with Crippen molar-refractivity contribution in [1.82, 2.24) is 19.7 Å². The normalized spacial score (nSPS) is 23.6. The van der Waals surface area contributed by atoms with Gasteiger partial charge in [-0.05, 0) is 45.5 Å². The summed E-state index contributed by atoms with van der Waals surface area (Å²) in [6.45, 7) is 11.8. The lowest BCUT2D eigenvalue weighted by Crippen LogP contribution is -2.57. The predicted molar refractivity (Wildman–Crippen MR) is 148 cm³/mol. The van der Waals surface area contributed by atoms with Gasteiger partial charge in [-0.25, -0.2) is 9.37 Å². The first-order chi connectivity index (χ1) is 18.5. The van der Waals surface area contributed by atoms with Crippen molar-refractivity contribution in [3.05, 3.63) is 53.3 Å². The van der Waals surface area contributed by atoms with Crippen LogP contribution >= 0.6 is 11.6 Å². The summed E-state index contributed by atoms with van der Waals surface area (Å²) in [5.41, 5.74) is 0.607. The predicted octanol–water partition coefficient (Wildman–Crippen LogP) is 3.69. The van der Waals surface area contributed by atoms with Crippen LogP contribution in [0.15, 0.2) is 36.9 Å². The minimum atomic E-state index is -0.452. The summed E-state index contributed by atoms with van der Waals surface area (Å²) in [5, 5.41) is 0.112. The average Bonchev–Trinajstić information content (AvgIpc) is 3.08. The highest BCUT2D eigenvalue weighted by molar-refractivity contribution is 6.35. The van der Waals surface area contributed by atoms with Crippen molar-refractivity contribution in [3.8, 4) is 17.0 Å². The molecule has 0 radical (unpaired) electrons. The first-order valence-corrected chi connectivity index (χ1v) is 13.7. The average molecular weight is 554 g/mol. The van der Waals surface area contributed by atoms with Crippen molar-refractivity contribution >= 4 is 29.2 Å². The number of anilines is 1. The Kier molecular flexibility index (Phi) is 6.15. The number of ether oxygens (including phenoxy) is 1. The first-order valence-electron chi connectivity index (χ1n) is 13.3. The number of likely N-dealkylation sites (tertiary alicyclic amines) is 1. The van der Waals surface area contributed by atoms with Gasteiger partial charge in [0, 0.05) is 55.8 Å². The minimum Gasteiger partial charge on any atom is -0.489 e. The zero-order chi connectivity index (χ0) is 27.7. The third-order valence-corrected chi connectivity index (χ3v) is 8.92. The summed E-state index contributed by atoms with van der Waals surface area (Å²) in [6.07, 6.45) is 2.23. The highest BCUT2D eigenvalue weighted by Gasteiger charge is 2.55. The maximum atomic E-state index is 15.0. The lowest BCUT2D eigenvalue weighted by molar-refractivity contribution is -0.128. The second-order valence-electron chi connectivity index (χ2n) is 12.0. The van der Waals surface area contributed by atoms with E-state index in [0.29, 0.717) is 31.0 Å². The summed E-state index contributed by atoms with van der Waals surface area (Å²) >= 11 is 6.91. The minimum absolute atomic E-state index is 0.0957. The van der Waals surface area contributed by atoms with E-state index >= 15 is 4.39 Å². The lowest BCUT2D eigenvalue weighted by Gasteiger charge is -2.46. The van der Waals surface area contributed by atoms with Gasteiger partial charge in [0.2, 0.25) is 5.91 Å². The lowest BCUT2D eigenvalue weighted by atomic mass is 9.76. The molecule has 0 unspecified atom stereocenters. The molecule has 3 saturated heterocycles. The molecule has 0 bridgehead atoms. The van der Waals surface area contributed by atoms with Crippen LogP contribution in [0.4, 0.5) is 10.2 Å². The number of benzene rings is 1. The largest absolute Gasteiger partial charge is 0.489 e. The van der Waals surface area contributed by atoms with Gasteiger partial charge in [0.1, 0.15) is 28.8 Å². The fraction of sp³-hybridized carbons (Fsp3) is 0.483. The topological polar surface area (TPSA) is 69.2 Å². The molecule has 1 atom stereocenters. The Morgan fingerprint density at radius 2 is 1.97 bits per heavy atom. The van der Waals surface area contributed by atoms with Gasteiger partial charge in [-0.15, -0.1) is 0 Å². The Hall–Kier alpha value is -3.17. The van der Waals surface area contributed by atoms with E-state index in [4.69, 9.17) is 21.3 Å². The Balaban J connectivity index is 1.50. The van der Waals surface area contributed by atoms with E-state index < -0.39 is 5.82 Å². The SMILES string of the molecule is C=CC(=O)N1CCN2C(=O)c3c(N4CC5(CN(C)C5)CC4(C)C)nc(-c4ccccc4F)c(Cl)c3OC[C@H]2C1. The van der Waals surface area contributed by atoms with Crippen LogP contribution in [0.2, 0.25) is 5.02 Å². The molecule has 0 saturated carbocycles. The van der Waals surface area contributed by atoms with Crippen LogP contribution < -0.4 is 9.64 Å². The maximum Gasteiger partial charge on any atom is 0.261 e. The van der Waals surface area contributed by atoms with Crippen molar-refractivity contribution in [1.29, 1.82) is 0 Å². The molecule has 6 rings (SSSR count). The second-order valence-corrected chi connectivity index (χ2v) is 12.4. The fourth-order valence-corrected chi connectivity index (χ4v) is 7.39. The molecule has 206 valence electrons.